The Balaban J connectivity index is 1.94. The van der Waals surface area contributed by atoms with Gasteiger partial charge in [0.2, 0.25) is 5.91 Å². The Morgan fingerprint density at radius 1 is 0.875 bits per heavy atom. The number of rotatable bonds is 10. The molecule has 2 rings (SSSR count). The van der Waals surface area contributed by atoms with Crippen molar-refractivity contribution in [3.05, 3.63) is 71.3 Å². The fraction of sp³-hybridized carbons (Fsp3) is 0.250. The van der Waals surface area contributed by atoms with Gasteiger partial charge in [0.1, 0.15) is 12.6 Å². The molecule has 2 aromatic rings. The number of carboxylic acids is 1. The summed E-state index contributed by atoms with van der Waals surface area (Å²) in [5.74, 6) is 3.36. The van der Waals surface area contributed by atoms with Crippen molar-refractivity contribution in [2.24, 2.45) is 0 Å². The number of ketones is 1. The Morgan fingerprint density at radius 2 is 1.50 bits per heavy atom. The largest absolute Gasteiger partial charge is 0.481 e. The quantitative estimate of drug-likeness (QED) is 0.413. The summed E-state index contributed by atoms with van der Waals surface area (Å²) in [6.07, 6.45) is -0.00765. The van der Waals surface area contributed by atoms with Crippen molar-refractivity contribution in [2.45, 2.75) is 25.3 Å². The predicted molar refractivity (Wildman–Crippen MR) is 117 cm³/mol. The van der Waals surface area contributed by atoms with E-state index in [-0.39, 0.29) is 25.8 Å². The van der Waals surface area contributed by atoms with Crippen LogP contribution in [0.15, 0.2) is 54.6 Å². The molecule has 0 aliphatic carbocycles. The molecule has 0 bridgehead atoms. The summed E-state index contributed by atoms with van der Waals surface area (Å²) in [4.78, 5) is 46.7. The molecule has 0 saturated heterocycles. The third-order valence-electron chi connectivity index (χ3n) is 4.42. The maximum absolute atomic E-state index is 12.5. The minimum Gasteiger partial charge on any atom is -0.481 e. The molecular weight excluding hydrogens is 412 g/mol. The van der Waals surface area contributed by atoms with Crippen molar-refractivity contribution >= 4 is 23.6 Å². The summed E-state index contributed by atoms with van der Waals surface area (Å²) in [7, 11) is 0. The van der Waals surface area contributed by atoms with E-state index in [1.807, 2.05) is 30.3 Å². The van der Waals surface area contributed by atoms with Gasteiger partial charge >= 0.3 is 5.97 Å². The second-order valence-corrected chi connectivity index (χ2v) is 6.90. The molecule has 2 amide bonds. The molecule has 2 aromatic carbocycles. The first kappa shape index (κ1) is 24.3. The van der Waals surface area contributed by atoms with Gasteiger partial charge in [-0.15, -0.1) is 0 Å². The van der Waals surface area contributed by atoms with Gasteiger partial charge in [-0.1, -0.05) is 30.0 Å². The van der Waals surface area contributed by atoms with Gasteiger partial charge in [0, 0.05) is 36.1 Å². The first-order valence-corrected chi connectivity index (χ1v) is 9.99. The number of Topliss-reactive ketones (excluding diaryl/α,β-unsaturated/α-hetero) is 1. The van der Waals surface area contributed by atoms with Crippen LogP contribution in [0.4, 0.5) is 0 Å². The van der Waals surface area contributed by atoms with Crippen molar-refractivity contribution in [1.29, 1.82) is 0 Å². The molecule has 0 aromatic heterocycles. The van der Waals surface area contributed by atoms with Crippen molar-refractivity contribution < 1.29 is 29.4 Å². The van der Waals surface area contributed by atoms with Crippen LogP contribution in [0.2, 0.25) is 0 Å². The zero-order chi connectivity index (χ0) is 23.3. The highest BCUT2D eigenvalue weighted by Gasteiger charge is 2.21. The van der Waals surface area contributed by atoms with Crippen LogP contribution in [0.3, 0.4) is 0 Å². The van der Waals surface area contributed by atoms with Gasteiger partial charge in [-0.05, 0) is 42.8 Å². The molecule has 32 heavy (non-hydrogen) atoms. The molecule has 0 radical (unpaired) electrons. The fourth-order valence-corrected chi connectivity index (χ4v) is 2.67. The molecule has 0 spiro atoms. The van der Waals surface area contributed by atoms with Crippen LogP contribution >= 0.6 is 0 Å². The molecular formula is C24H24N2O6. The lowest BCUT2D eigenvalue weighted by molar-refractivity contribution is -0.137. The van der Waals surface area contributed by atoms with E-state index in [1.54, 1.807) is 24.3 Å². The number of carbonyl (C=O) groups excluding carboxylic acids is 3. The third-order valence-corrected chi connectivity index (χ3v) is 4.42. The summed E-state index contributed by atoms with van der Waals surface area (Å²) in [6.45, 7) is -1.01. The van der Waals surface area contributed by atoms with Crippen LogP contribution in [0, 0.1) is 11.8 Å². The van der Waals surface area contributed by atoms with Crippen molar-refractivity contribution in [3.8, 4) is 11.8 Å². The predicted octanol–water partition coefficient (Wildman–Crippen LogP) is 1.12. The molecule has 1 atom stereocenters. The number of benzene rings is 2. The normalized spacial score (nSPS) is 10.9. The Kier molecular flexibility index (Phi) is 9.63. The molecule has 0 aliphatic heterocycles. The number of carbonyl (C=O) groups is 4. The van der Waals surface area contributed by atoms with E-state index in [1.165, 1.54) is 0 Å². The van der Waals surface area contributed by atoms with Crippen LogP contribution in [0.5, 0.6) is 0 Å². The topological polar surface area (TPSA) is 133 Å². The van der Waals surface area contributed by atoms with Crippen LogP contribution in [-0.4, -0.2) is 53.0 Å². The molecule has 0 unspecified atom stereocenters. The maximum Gasteiger partial charge on any atom is 0.303 e. The number of nitrogens with one attached hydrogen (secondary N) is 2. The Labute approximate surface area is 185 Å². The minimum absolute atomic E-state index is 0.0221. The van der Waals surface area contributed by atoms with Gasteiger partial charge in [-0.2, -0.15) is 0 Å². The molecule has 0 saturated carbocycles. The SMILES string of the molecule is O=C(O)CCCC(=O)NC[C@H](NC(=O)c1ccc(C#Cc2ccccc2)cc1)C(=O)CO. The summed E-state index contributed by atoms with van der Waals surface area (Å²) in [5, 5.41) is 22.7. The van der Waals surface area contributed by atoms with Crippen molar-refractivity contribution in [2.75, 3.05) is 13.2 Å². The zero-order valence-corrected chi connectivity index (χ0v) is 17.3. The fourth-order valence-electron chi connectivity index (χ4n) is 2.67. The number of hydrogen-bond acceptors (Lipinski definition) is 5. The van der Waals surface area contributed by atoms with Crippen LogP contribution < -0.4 is 10.6 Å². The lowest BCUT2D eigenvalue weighted by Crippen LogP contribution is -2.49. The van der Waals surface area contributed by atoms with Gasteiger partial charge in [0.05, 0.1) is 0 Å². The maximum atomic E-state index is 12.5. The lowest BCUT2D eigenvalue weighted by Gasteiger charge is -2.17. The van der Waals surface area contributed by atoms with E-state index < -0.39 is 36.2 Å². The zero-order valence-electron chi connectivity index (χ0n) is 17.3. The van der Waals surface area contributed by atoms with E-state index >= 15 is 0 Å². The smallest absolute Gasteiger partial charge is 0.303 e. The molecule has 0 heterocycles. The number of aliphatic hydroxyl groups excluding tert-OH is 1. The second-order valence-electron chi connectivity index (χ2n) is 6.90. The second kappa shape index (κ2) is 12.7. The number of aliphatic hydroxyl groups is 1. The first-order chi connectivity index (χ1) is 15.4. The molecule has 8 heteroatoms. The van der Waals surface area contributed by atoms with Gasteiger partial charge in [-0.25, -0.2) is 0 Å². The number of hydrogen-bond donors (Lipinski definition) is 4. The van der Waals surface area contributed by atoms with Crippen LogP contribution in [0.1, 0.15) is 40.7 Å². The van der Waals surface area contributed by atoms with Gasteiger partial charge in [0.15, 0.2) is 5.78 Å². The first-order valence-electron chi connectivity index (χ1n) is 9.99. The summed E-state index contributed by atoms with van der Waals surface area (Å²) in [6, 6.07) is 14.8. The van der Waals surface area contributed by atoms with E-state index in [0.717, 1.165) is 5.56 Å². The van der Waals surface area contributed by atoms with E-state index in [2.05, 4.69) is 22.5 Å². The van der Waals surface area contributed by atoms with Gasteiger partial charge in [0.25, 0.3) is 5.91 Å². The number of aliphatic carboxylic acids is 1. The van der Waals surface area contributed by atoms with Crippen LogP contribution in [0.25, 0.3) is 0 Å². The molecule has 0 aliphatic rings. The Morgan fingerprint density at radius 3 is 2.09 bits per heavy atom. The lowest BCUT2D eigenvalue weighted by atomic mass is 10.1. The highest BCUT2D eigenvalue weighted by molar-refractivity contribution is 5.98. The van der Waals surface area contributed by atoms with E-state index in [0.29, 0.717) is 11.1 Å². The summed E-state index contributed by atoms with van der Waals surface area (Å²) < 4.78 is 0. The Bertz CT molecular complexity index is 1010. The number of amides is 2. The monoisotopic (exact) mass is 436 g/mol. The van der Waals surface area contributed by atoms with Crippen molar-refractivity contribution in [3.63, 3.8) is 0 Å². The molecule has 166 valence electrons. The van der Waals surface area contributed by atoms with E-state index in [9.17, 15) is 19.2 Å². The van der Waals surface area contributed by atoms with E-state index in [4.69, 9.17) is 10.2 Å². The highest BCUT2D eigenvalue weighted by atomic mass is 16.4. The third kappa shape index (κ3) is 8.42. The number of carboxylic acid groups (broad SMARTS) is 1. The summed E-state index contributed by atoms with van der Waals surface area (Å²) >= 11 is 0. The average Bonchev–Trinajstić information content (AvgIpc) is 2.80. The Hall–Kier alpha value is -3.96. The van der Waals surface area contributed by atoms with Crippen molar-refractivity contribution in [1.82, 2.24) is 10.6 Å². The average molecular weight is 436 g/mol. The minimum atomic E-state index is -1.12. The molecule has 4 N–H and O–H groups in total. The molecule has 0 fully saturated rings. The van der Waals surface area contributed by atoms with Gasteiger partial charge < -0.3 is 20.8 Å². The van der Waals surface area contributed by atoms with Gasteiger partial charge in [-0.3, -0.25) is 19.2 Å². The standard InChI is InChI=1S/C24H24N2O6/c27-16-21(28)20(15-25-22(29)7-4-8-23(30)31)26-24(32)19-13-11-18(12-14-19)10-9-17-5-2-1-3-6-17/h1-3,5-6,11-14,20,27H,4,7-8,15-16H2,(H,25,29)(H,26,32)(H,30,31)/t20-/m0/s1. The van der Waals surface area contributed by atoms with Crippen LogP contribution in [-0.2, 0) is 14.4 Å². The molecule has 8 nitrogen and oxygen atoms in total. The summed E-state index contributed by atoms with van der Waals surface area (Å²) in [5.41, 5.74) is 1.87. The highest BCUT2D eigenvalue weighted by Crippen LogP contribution is 2.05.